The number of ether oxygens (including phenoxy) is 1. The maximum atomic E-state index is 14.8. The van der Waals surface area contributed by atoms with Gasteiger partial charge in [0.05, 0.1) is 31.1 Å². The van der Waals surface area contributed by atoms with Gasteiger partial charge in [-0.1, -0.05) is 6.07 Å². The number of anilines is 2. The summed E-state index contributed by atoms with van der Waals surface area (Å²) >= 11 is 0. The Hall–Kier alpha value is -3.37. The summed E-state index contributed by atoms with van der Waals surface area (Å²) in [6.45, 7) is 0.111. The molecule has 0 aliphatic rings. The van der Waals surface area contributed by atoms with Gasteiger partial charge in [-0.3, -0.25) is 0 Å². The first kappa shape index (κ1) is 19.4. The van der Waals surface area contributed by atoms with Crippen molar-refractivity contribution in [3.63, 3.8) is 0 Å². The van der Waals surface area contributed by atoms with Crippen LogP contribution in [0.2, 0.25) is 0 Å². The van der Waals surface area contributed by atoms with Crippen molar-refractivity contribution >= 4 is 22.8 Å². The highest BCUT2D eigenvalue weighted by Gasteiger charge is 2.23. The number of rotatable bonds is 7. The smallest absolute Gasteiger partial charge is 0.262 e. The topological polar surface area (TPSA) is 99.7 Å². The van der Waals surface area contributed by atoms with Gasteiger partial charge >= 0.3 is 0 Å². The largest absolute Gasteiger partial charge is 0.479 e. The van der Waals surface area contributed by atoms with Gasteiger partial charge in [-0.05, 0) is 17.7 Å². The van der Waals surface area contributed by atoms with Gasteiger partial charge in [-0.25, -0.2) is 23.2 Å². The van der Waals surface area contributed by atoms with E-state index in [-0.39, 0.29) is 34.3 Å². The number of aromatic nitrogens is 3. The second-order valence-electron chi connectivity index (χ2n) is 6.11. The van der Waals surface area contributed by atoms with Crippen LogP contribution in [0.15, 0.2) is 29.5 Å². The minimum Gasteiger partial charge on any atom is -0.479 e. The first-order valence-corrected chi connectivity index (χ1v) is 8.21. The average molecular weight is 393 g/mol. The molecule has 8 nitrogen and oxygen atoms in total. The molecule has 0 amide bonds. The Morgan fingerprint density at radius 2 is 2.11 bits per heavy atom. The number of nitrogens with zero attached hydrogens (tertiary/aromatic N) is 4. The zero-order valence-corrected chi connectivity index (χ0v) is 15.3. The van der Waals surface area contributed by atoms with E-state index in [2.05, 4.69) is 25.8 Å². The van der Waals surface area contributed by atoms with Crippen LogP contribution in [0.5, 0.6) is 5.88 Å². The lowest BCUT2D eigenvalue weighted by Crippen LogP contribution is -2.22. The molecule has 148 valence electrons. The molecule has 0 aliphatic heterocycles. The number of nitrogens with one attached hydrogen (secondary N) is 3. The minimum absolute atomic E-state index is 0.141. The molecule has 0 bridgehead atoms. The van der Waals surface area contributed by atoms with Crippen LogP contribution in [0.3, 0.4) is 0 Å². The van der Waals surface area contributed by atoms with E-state index < -0.39 is 18.3 Å². The minimum atomic E-state index is -2.97. The molecule has 0 saturated heterocycles. The Morgan fingerprint density at radius 1 is 1.36 bits per heavy atom. The third-order valence-electron chi connectivity index (χ3n) is 3.96. The third-order valence-corrected chi connectivity index (χ3v) is 3.96. The maximum Gasteiger partial charge on any atom is 0.262 e. The maximum absolute atomic E-state index is 14.8. The Morgan fingerprint density at radius 3 is 2.71 bits per heavy atom. The third kappa shape index (κ3) is 3.68. The molecular weight excluding hydrogens is 375 g/mol. The summed E-state index contributed by atoms with van der Waals surface area (Å²) in [7, 11) is 3.01. The molecule has 3 aromatic rings. The van der Waals surface area contributed by atoms with Crippen LogP contribution in [-0.2, 0) is 0 Å². The fraction of sp³-hybridized carbons (Fsp3) is 0.294. The SMILES string of the molecule is CNc1nc(OC)c2c(-c3ccc(N=N)c(NCC(C)(F)F)c3)c(F)cn2n1. The number of hydrogen-bond acceptors (Lipinski definition) is 7. The van der Waals surface area contributed by atoms with Gasteiger partial charge in [-0.15, -0.1) is 5.10 Å². The molecule has 3 N–H and O–H groups in total. The molecule has 0 aliphatic carbocycles. The van der Waals surface area contributed by atoms with Gasteiger partial charge < -0.3 is 15.4 Å². The Labute approximate surface area is 158 Å². The van der Waals surface area contributed by atoms with Crippen LogP contribution >= 0.6 is 0 Å². The van der Waals surface area contributed by atoms with Crippen molar-refractivity contribution in [2.75, 3.05) is 31.3 Å². The summed E-state index contributed by atoms with van der Waals surface area (Å²) < 4.78 is 47.8. The van der Waals surface area contributed by atoms with Crippen LogP contribution in [0, 0.1) is 11.3 Å². The normalized spacial score (nSPS) is 11.5. The zero-order valence-electron chi connectivity index (χ0n) is 15.3. The number of hydrogen-bond donors (Lipinski definition) is 3. The molecule has 2 heterocycles. The summed E-state index contributed by atoms with van der Waals surface area (Å²) in [6.07, 6.45) is 1.17. The molecule has 3 rings (SSSR count). The van der Waals surface area contributed by atoms with Crippen LogP contribution in [0.25, 0.3) is 16.6 Å². The predicted octanol–water partition coefficient (Wildman–Crippen LogP) is 4.32. The van der Waals surface area contributed by atoms with Crippen molar-refractivity contribution in [3.05, 3.63) is 30.2 Å². The summed E-state index contributed by atoms with van der Waals surface area (Å²) in [6, 6.07) is 4.42. The van der Waals surface area contributed by atoms with Crippen molar-refractivity contribution < 1.29 is 17.9 Å². The molecule has 28 heavy (non-hydrogen) atoms. The lowest BCUT2D eigenvalue weighted by atomic mass is 10.0. The summed E-state index contributed by atoms with van der Waals surface area (Å²) in [5, 5.41) is 12.8. The van der Waals surface area contributed by atoms with Crippen LogP contribution in [0.1, 0.15) is 6.92 Å². The van der Waals surface area contributed by atoms with E-state index in [1.54, 1.807) is 7.05 Å². The number of benzene rings is 1. The van der Waals surface area contributed by atoms with E-state index in [0.717, 1.165) is 6.92 Å². The van der Waals surface area contributed by atoms with Gasteiger partial charge in [-0.2, -0.15) is 10.1 Å². The Balaban J connectivity index is 2.16. The first-order valence-electron chi connectivity index (χ1n) is 8.21. The van der Waals surface area contributed by atoms with E-state index in [0.29, 0.717) is 5.56 Å². The highest BCUT2D eigenvalue weighted by molar-refractivity contribution is 5.87. The van der Waals surface area contributed by atoms with Gasteiger partial charge in [0.25, 0.3) is 5.92 Å². The monoisotopic (exact) mass is 393 g/mol. The quantitative estimate of drug-likeness (QED) is 0.519. The summed E-state index contributed by atoms with van der Waals surface area (Å²) in [5.74, 6) is -3.18. The van der Waals surface area contributed by atoms with Crippen LogP contribution in [0.4, 0.5) is 30.5 Å². The van der Waals surface area contributed by atoms with Gasteiger partial charge in [0.15, 0.2) is 5.82 Å². The van der Waals surface area contributed by atoms with E-state index in [9.17, 15) is 13.2 Å². The number of alkyl halides is 2. The first-order chi connectivity index (χ1) is 13.3. The number of halogens is 3. The standard InChI is InChI=1S/C17H18F3N7O/c1-17(19,20)8-23-12-6-9(4-5-11(12)25-21)13-10(18)7-27-14(13)15(28-3)24-16(22-2)26-27/h4-7,21,23H,8H2,1-3H3,(H,22,26). The lowest BCUT2D eigenvalue weighted by Gasteiger charge is -2.15. The highest BCUT2D eigenvalue weighted by Crippen LogP contribution is 2.37. The van der Waals surface area contributed by atoms with E-state index in [4.69, 9.17) is 10.3 Å². The van der Waals surface area contributed by atoms with Crippen molar-refractivity contribution in [3.8, 4) is 17.0 Å². The van der Waals surface area contributed by atoms with E-state index >= 15 is 0 Å². The average Bonchev–Trinajstić information content (AvgIpc) is 3.00. The van der Waals surface area contributed by atoms with Crippen molar-refractivity contribution in [1.29, 1.82) is 5.53 Å². The van der Waals surface area contributed by atoms with Crippen molar-refractivity contribution in [2.45, 2.75) is 12.8 Å². The fourth-order valence-corrected chi connectivity index (χ4v) is 2.73. The zero-order chi connectivity index (χ0) is 20.5. The van der Waals surface area contributed by atoms with Gasteiger partial charge in [0.2, 0.25) is 11.8 Å². The Bertz CT molecular complexity index is 1030. The molecule has 0 saturated carbocycles. The van der Waals surface area contributed by atoms with E-state index in [1.807, 2.05) is 0 Å². The molecule has 0 spiro atoms. The predicted molar refractivity (Wildman–Crippen MR) is 98.4 cm³/mol. The second kappa shape index (κ2) is 7.33. The highest BCUT2D eigenvalue weighted by atomic mass is 19.3. The molecule has 0 unspecified atom stereocenters. The van der Waals surface area contributed by atoms with E-state index in [1.165, 1.54) is 36.0 Å². The van der Waals surface area contributed by atoms with Crippen LogP contribution < -0.4 is 15.4 Å². The lowest BCUT2D eigenvalue weighted by molar-refractivity contribution is 0.0368. The fourth-order valence-electron chi connectivity index (χ4n) is 2.73. The van der Waals surface area contributed by atoms with Crippen LogP contribution in [-0.4, -0.2) is 41.2 Å². The second-order valence-corrected chi connectivity index (χ2v) is 6.11. The van der Waals surface area contributed by atoms with Gasteiger partial charge in [0.1, 0.15) is 11.2 Å². The molecule has 0 atom stereocenters. The molecular formula is C17H18F3N7O. The number of fused-ring (bicyclic) bond motifs is 1. The molecule has 0 radical (unpaired) electrons. The summed E-state index contributed by atoms with van der Waals surface area (Å²) in [5.41, 5.74) is 8.34. The molecule has 0 fully saturated rings. The Kier molecular flexibility index (Phi) is 5.08. The molecule has 1 aromatic carbocycles. The summed E-state index contributed by atoms with van der Waals surface area (Å²) in [4.78, 5) is 4.17. The van der Waals surface area contributed by atoms with Crippen molar-refractivity contribution in [2.24, 2.45) is 5.11 Å². The molecule has 2 aromatic heterocycles. The van der Waals surface area contributed by atoms with Gasteiger partial charge in [0, 0.05) is 14.0 Å². The molecule has 11 heteroatoms. The number of methoxy groups -OCH3 is 1. The van der Waals surface area contributed by atoms with Crippen molar-refractivity contribution in [1.82, 2.24) is 14.6 Å².